The molecule has 0 saturated heterocycles. The molecule has 2 aromatic rings. The van der Waals surface area contributed by atoms with Crippen LogP contribution in [-0.2, 0) is 20.8 Å². The summed E-state index contributed by atoms with van der Waals surface area (Å²) in [5.74, 6) is -0.246. The Bertz CT molecular complexity index is 731. The van der Waals surface area contributed by atoms with E-state index in [4.69, 9.17) is 9.47 Å². The zero-order valence-electron chi connectivity index (χ0n) is 14.5. The summed E-state index contributed by atoms with van der Waals surface area (Å²) in [7, 11) is 0. The summed E-state index contributed by atoms with van der Waals surface area (Å²) in [4.78, 5) is 23.2. The molecular formula is C17H23N3O4. The molecule has 1 N–H and O–H groups in total. The van der Waals surface area contributed by atoms with Gasteiger partial charge in [-0.05, 0) is 45.9 Å². The number of nitrogens with zero attached hydrogens (tertiary/aromatic N) is 2. The van der Waals surface area contributed by atoms with Crippen LogP contribution in [0.5, 0.6) is 0 Å². The molecule has 0 aliphatic carbocycles. The smallest absolute Gasteiger partial charge is 0.412 e. The topological polar surface area (TPSA) is 82.5 Å². The fourth-order valence-corrected chi connectivity index (χ4v) is 2.13. The third kappa shape index (κ3) is 5.26. The largest absolute Gasteiger partial charge is 0.466 e. The summed E-state index contributed by atoms with van der Waals surface area (Å²) in [6.07, 6.45) is 1.59. The van der Waals surface area contributed by atoms with Crippen LogP contribution >= 0.6 is 0 Å². The van der Waals surface area contributed by atoms with Gasteiger partial charge in [-0.1, -0.05) is 0 Å². The number of aromatic nitrogens is 2. The predicted molar refractivity (Wildman–Crippen MR) is 90.8 cm³/mol. The average Bonchev–Trinajstić information content (AvgIpc) is 2.85. The standard InChI is InChI=1S/C17H23N3O4/c1-5-23-15(21)8-9-20-11-12-10-13(6-7-14(12)19-20)18-16(22)24-17(2,3)4/h6-7,10-11H,5,8-9H2,1-4H3,(H,18,22). The van der Waals surface area contributed by atoms with Crippen LogP contribution in [-0.4, -0.2) is 34.1 Å². The lowest BCUT2D eigenvalue weighted by molar-refractivity contribution is -0.143. The minimum absolute atomic E-state index is 0.246. The summed E-state index contributed by atoms with van der Waals surface area (Å²) >= 11 is 0. The maximum Gasteiger partial charge on any atom is 0.412 e. The van der Waals surface area contributed by atoms with Crippen LogP contribution < -0.4 is 5.32 Å². The maximum absolute atomic E-state index is 11.8. The van der Waals surface area contributed by atoms with Crippen molar-refractivity contribution in [3.63, 3.8) is 0 Å². The Morgan fingerprint density at radius 2 is 2.04 bits per heavy atom. The molecule has 0 fully saturated rings. The van der Waals surface area contributed by atoms with E-state index in [0.717, 1.165) is 10.9 Å². The van der Waals surface area contributed by atoms with Gasteiger partial charge in [-0.3, -0.25) is 14.8 Å². The van der Waals surface area contributed by atoms with Gasteiger partial charge in [0.15, 0.2) is 0 Å². The molecule has 2 rings (SSSR count). The van der Waals surface area contributed by atoms with Crippen molar-refractivity contribution in [2.75, 3.05) is 11.9 Å². The zero-order chi connectivity index (χ0) is 17.7. The number of nitrogens with one attached hydrogen (secondary N) is 1. The molecule has 0 radical (unpaired) electrons. The van der Waals surface area contributed by atoms with Gasteiger partial charge in [-0.25, -0.2) is 4.79 Å². The van der Waals surface area contributed by atoms with E-state index in [1.807, 2.05) is 39.1 Å². The van der Waals surface area contributed by atoms with Gasteiger partial charge in [0.1, 0.15) is 5.60 Å². The fourth-order valence-electron chi connectivity index (χ4n) is 2.13. The van der Waals surface area contributed by atoms with Crippen molar-refractivity contribution in [1.29, 1.82) is 0 Å². The fraction of sp³-hybridized carbons (Fsp3) is 0.471. The highest BCUT2D eigenvalue weighted by Crippen LogP contribution is 2.19. The van der Waals surface area contributed by atoms with Crippen LogP contribution in [0.3, 0.4) is 0 Å². The first kappa shape index (κ1) is 17.8. The van der Waals surface area contributed by atoms with Gasteiger partial charge < -0.3 is 9.47 Å². The van der Waals surface area contributed by atoms with Crippen LogP contribution in [0, 0.1) is 0 Å². The van der Waals surface area contributed by atoms with Crippen molar-refractivity contribution in [2.24, 2.45) is 0 Å². The number of benzene rings is 1. The summed E-state index contributed by atoms with van der Waals surface area (Å²) in [5, 5.41) is 7.95. The molecule has 0 unspecified atom stereocenters. The maximum atomic E-state index is 11.8. The number of aryl methyl sites for hydroxylation is 1. The van der Waals surface area contributed by atoms with Gasteiger partial charge in [-0.2, -0.15) is 5.10 Å². The monoisotopic (exact) mass is 333 g/mol. The molecule has 0 aliphatic rings. The molecule has 1 amide bonds. The first-order valence-corrected chi connectivity index (χ1v) is 7.89. The second-order valence-electron chi connectivity index (χ2n) is 6.35. The number of rotatable bonds is 5. The molecule has 0 atom stereocenters. The molecule has 130 valence electrons. The van der Waals surface area contributed by atoms with Crippen molar-refractivity contribution in [3.05, 3.63) is 24.4 Å². The number of fused-ring (bicyclic) bond motifs is 1. The predicted octanol–water partition coefficient (Wildman–Crippen LogP) is 3.34. The van der Waals surface area contributed by atoms with Gasteiger partial charge in [0.05, 0.1) is 25.1 Å². The number of amides is 1. The quantitative estimate of drug-likeness (QED) is 0.849. The lowest BCUT2D eigenvalue weighted by Gasteiger charge is -2.19. The molecule has 0 bridgehead atoms. The Morgan fingerprint density at radius 1 is 1.29 bits per heavy atom. The number of carbonyl (C=O) groups is 2. The van der Waals surface area contributed by atoms with Crippen LogP contribution in [0.1, 0.15) is 34.1 Å². The van der Waals surface area contributed by atoms with Crippen LogP contribution in [0.25, 0.3) is 10.9 Å². The Balaban J connectivity index is 2.03. The zero-order valence-corrected chi connectivity index (χ0v) is 14.5. The van der Waals surface area contributed by atoms with Crippen LogP contribution in [0.4, 0.5) is 10.5 Å². The number of hydrogen-bond donors (Lipinski definition) is 1. The number of ether oxygens (including phenoxy) is 2. The first-order valence-electron chi connectivity index (χ1n) is 7.89. The number of carbonyl (C=O) groups excluding carboxylic acids is 2. The highest BCUT2D eigenvalue weighted by Gasteiger charge is 2.16. The molecule has 1 aromatic carbocycles. The highest BCUT2D eigenvalue weighted by atomic mass is 16.6. The van der Waals surface area contributed by atoms with Crippen molar-refractivity contribution in [1.82, 2.24) is 9.78 Å². The van der Waals surface area contributed by atoms with E-state index in [-0.39, 0.29) is 12.4 Å². The van der Waals surface area contributed by atoms with Gasteiger partial charge in [0, 0.05) is 17.3 Å². The van der Waals surface area contributed by atoms with E-state index >= 15 is 0 Å². The summed E-state index contributed by atoms with van der Waals surface area (Å²) < 4.78 is 11.8. The van der Waals surface area contributed by atoms with Crippen molar-refractivity contribution < 1.29 is 19.1 Å². The normalized spacial score (nSPS) is 11.3. The van der Waals surface area contributed by atoms with Crippen molar-refractivity contribution in [3.8, 4) is 0 Å². The second kappa shape index (κ2) is 7.33. The van der Waals surface area contributed by atoms with E-state index in [1.54, 1.807) is 17.7 Å². The average molecular weight is 333 g/mol. The Morgan fingerprint density at radius 3 is 2.71 bits per heavy atom. The van der Waals surface area contributed by atoms with E-state index in [9.17, 15) is 9.59 Å². The molecule has 1 aromatic heterocycles. The number of hydrogen-bond acceptors (Lipinski definition) is 5. The van der Waals surface area contributed by atoms with Crippen LogP contribution in [0.2, 0.25) is 0 Å². The summed E-state index contributed by atoms with van der Waals surface area (Å²) in [6.45, 7) is 8.03. The summed E-state index contributed by atoms with van der Waals surface area (Å²) in [6, 6.07) is 5.38. The van der Waals surface area contributed by atoms with Gasteiger partial charge in [0.25, 0.3) is 0 Å². The third-order valence-electron chi connectivity index (χ3n) is 3.05. The molecule has 0 spiro atoms. The van der Waals surface area contributed by atoms with Crippen LogP contribution in [0.15, 0.2) is 24.4 Å². The minimum Gasteiger partial charge on any atom is -0.466 e. The lowest BCUT2D eigenvalue weighted by atomic mass is 10.2. The van der Waals surface area contributed by atoms with Gasteiger partial charge >= 0.3 is 12.1 Å². The van der Waals surface area contributed by atoms with E-state index in [0.29, 0.717) is 18.8 Å². The molecule has 0 aliphatic heterocycles. The van der Waals surface area contributed by atoms with E-state index in [1.165, 1.54) is 0 Å². The molecule has 7 nitrogen and oxygen atoms in total. The lowest BCUT2D eigenvalue weighted by Crippen LogP contribution is -2.27. The summed E-state index contributed by atoms with van der Waals surface area (Å²) in [5.41, 5.74) is 0.863. The van der Waals surface area contributed by atoms with Crippen molar-refractivity contribution >= 4 is 28.7 Å². The van der Waals surface area contributed by atoms with E-state index < -0.39 is 11.7 Å². The number of esters is 1. The van der Waals surface area contributed by atoms with Gasteiger partial charge in [0.2, 0.25) is 0 Å². The third-order valence-corrected chi connectivity index (χ3v) is 3.05. The molecular weight excluding hydrogens is 310 g/mol. The first-order chi connectivity index (χ1) is 11.3. The highest BCUT2D eigenvalue weighted by molar-refractivity contribution is 5.89. The molecule has 7 heteroatoms. The van der Waals surface area contributed by atoms with E-state index in [2.05, 4.69) is 10.4 Å². The SMILES string of the molecule is CCOC(=O)CCn1cc2cc(NC(=O)OC(C)(C)C)ccc2n1. The molecule has 1 heterocycles. The number of anilines is 1. The van der Waals surface area contributed by atoms with Gasteiger partial charge in [-0.15, -0.1) is 0 Å². The minimum atomic E-state index is -0.549. The Labute approximate surface area is 140 Å². The molecule has 24 heavy (non-hydrogen) atoms. The Hall–Kier alpha value is -2.57. The second-order valence-corrected chi connectivity index (χ2v) is 6.35. The van der Waals surface area contributed by atoms with Crippen molar-refractivity contribution in [2.45, 2.75) is 46.3 Å². The Kier molecular flexibility index (Phi) is 5.43. The molecule has 0 saturated carbocycles.